The Morgan fingerprint density at radius 3 is 2.50 bits per heavy atom. The molecule has 0 fully saturated rings. The molecule has 0 saturated heterocycles. The van der Waals surface area contributed by atoms with Crippen LogP contribution in [0.25, 0.3) is 0 Å². The van der Waals surface area contributed by atoms with Gasteiger partial charge in [0.25, 0.3) is 0 Å². The zero-order chi connectivity index (χ0) is 8.39. The van der Waals surface area contributed by atoms with E-state index in [9.17, 15) is 0 Å². The average Bonchev–Trinajstić information content (AvgIpc) is 2.58. The van der Waals surface area contributed by atoms with Crippen LogP contribution in [0.4, 0.5) is 0 Å². The highest BCUT2D eigenvalue weighted by Gasteiger charge is 2.01. The molecule has 12 heavy (non-hydrogen) atoms. The Hall–Kier alpha value is -1.37. The van der Waals surface area contributed by atoms with Crippen molar-refractivity contribution in [2.45, 2.75) is 6.92 Å². The summed E-state index contributed by atoms with van der Waals surface area (Å²) in [7, 11) is 0. The van der Waals surface area contributed by atoms with Crippen LogP contribution in [0.1, 0.15) is 11.1 Å². The first kappa shape index (κ1) is 7.29. The highest BCUT2D eigenvalue weighted by Crippen LogP contribution is 2.08. The van der Waals surface area contributed by atoms with Gasteiger partial charge in [0.05, 0.1) is 12.3 Å². The molecule has 0 aromatic heterocycles. The molecule has 0 aliphatic carbocycles. The Bertz CT molecular complexity index is 331. The van der Waals surface area contributed by atoms with Crippen LogP contribution in [0.5, 0.6) is 0 Å². The van der Waals surface area contributed by atoms with E-state index >= 15 is 0 Å². The fourth-order valence-electron chi connectivity index (χ4n) is 1.28. The quantitative estimate of drug-likeness (QED) is 0.593. The van der Waals surface area contributed by atoms with Crippen molar-refractivity contribution in [3.63, 3.8) is 0 Å². The molecule has 60 valence electrons. The van der Waals surface area contributed by atoms with Crippen LogP contribution in [0.2, 0.25) is 0 Å². The number of nitrogens with zero attached hydrogens (tertiary/aromatic N) is 1. The van der Waals surface area contributed by atoms with E-state index in [1.54, 1.807) is 0 Å². The van der Waals surface area contributed by atoms with Crippen molar-refractivity contribution >= 4 is 5.71 Å². The van der Waals surface area contributed by atoms with Crippen molar-refractivity contribution in [2.75, 3.05) is 6.54 Å². The number of aryl methyl sites for hydroxylation is 1. The SMILES string of the molecule is Cc1ccc(C2=NCC=C2)cc1. The van der Waals surface area contributed by atoms with Gasteiger partial charge in [-0.1, -0.05) is 35.9 Å². The monoisotopic (exact) mass is 157 g/mol. The summed E-state index contributed by atoms with van der Waals surface area (Å²) < 4.78 is 0. The molecule has 0 amide bonds. The van der Waals surface area contributed by atoms with Gasteiger partial charge in [-0.2, -0.15) is 0 Å². The number of allylic oxidation sites excluding steroid dienone is 1. The Kier molecular flexibility index (Phi) is 1.78. The van der Waals surface area contributed by atoms with E-state index < -0.39 is 0 Å². The zero-order valence-corrected chi connectivity index (χ0v) is 7.12. The average molecular weight is 157 g/mol. The van der Waals surface area contributed by atoms with Crippen molar-refractivity contribution < 1.29 is 0 Å². The normalized spacial score (nSPS) is 14.9. The van der Waals surface area contributed by atoms with Gasteiger partial charge in [0.15, 0.2) is 0 Å². The molecule has 1 aromatic carbocycles. The van der Waals surface area contributed by atoms with Crippen LogP contribution in [0.3, 0.4) is 0 Å². The van der Waals surface area contributed by atoms with Gasteiger partial charge in [-0.3, -0.25) is 4.99 Å². The van der Waals surface area contributed by atoms with Crippen molar-refractivity contribution in [1.29, 1.82) is 0 Å². The van der Waals surface area contributed by atoms with Gasteiger partial charge in [0, 0.05) is 0 Å². The van der Waals surface area contributed by atoms with E-state index in [-0.39, 0.29) is 0 Å². The molecule has 1 nitrogen and oxygen atoms in total. The lowest BCUT2D eigenvalue weighted by atomic mass is 10.1. The van der Waals surface area contributed by atoms with Crippen LogP contribution in [0.15, 0.2) is 41.4 Å². The van der Waals surface area contributed by atoms with E-state index in [0.29, 0.717) is 0 Å². The fraction of sp³-hybridized carbons (Fsp3) is 0.182. The van der Waals surface area contributed by atoms with Crippen molar-refractivity contribution in [2.24, 2.45) is 4.99 Å². The number of hydrogen-bond donors (Lipinski definition) is 0. The summed E-state index contributed by atoms with van der Waals surface area (Å²) >= 11 is 0. The van der Waals surface area contributed by atoms with Gasteiger partial charge < -0.3 is 0 Å². The van der Waals surface area contributed by atoms with E-state index in [1.807, 2.05) is 0 Å². The van der Waals surface area contributed by atoms with Crippen LogP contribution in [-0.4, -0.2) is 12.3 Å². The number of hydrogen-bond acceptors (Lipinski definition) is 1. The molecule has 1 heterocycles. The second-order valence-electron chi connectivity index (χ2n) is 2.99. The molecule has 0 atom stereocenters. The Labute approximate surface area is 72.5 Å². The third-order valence-corrected chi connectivity index (χ3v) is 1.99. The summed E-state index contributed by atoms with van der Waals surface area (Å²) in [5.41, 5.74) is 3.62. The molecule has 0 saturated carbocycles. The van der Waals surface area contributed by atoms with E-state index in [2.05, 4.69) is 48.3 Å². The summed E-state index contributed by atoms with van der Waals surface area (Å²) in [5.74, 6) is 0. The molecule has 1 aliphatic rings. The minimum atomic E-state index is 0.837. The van der Waals surface area contributed by atoms with Crippen LogP contribution < -0.4 is 0 Å². The third kappa shape index (κ3) is 1.30. The zero-order valence-electron chi connectivity index (χ0n) is 7.12. The lowest BCUT2D eigenvalue weighted by Gasteiger charge is -1.98. The molecule has 0 N–H and O–H groups in total. The molecule has 1 aliphatic heterocycles. The maximum absolute atomic E-state index is 4.34. The molecule has 0 bridgehead atoms. The van der Waals surface area contributed by atoms with Gasteiger partial charge >= 0.3 is 0 Å². The maximum Gasteiger partial charge on any atom is 0.0647 e. The van der Waals surface area contributed by atoms with Crippen LogP contribution in [0, 0.1) is 6.92 Å². The lowest BCUT2D eigenvalue weighted by molar-refractivity contribution is 1.28. The minimum absolute atomic E-state index is 0.837. The van der Waals surface area contributed by atoms with Crippen molar-refractivity contribution in [1.82, 2.24) is 0 Å². The minimum Gasteiger partial charge on any atom is -0.281 e. The topological polar surface area (TPSA) is 12.4 Å². The summed E-state index contributed by atoms with van der Waals surface area (Å²) in [5, 5.41) is 0. The van der Waals surface area contributed by atoms with Crippen molar-refractivity contribution in [3.8, 4) is 0 Å². The van der Waals surface area contributed by atoms with Crippen LogP contribution >= 0.6 is 0 Å². The van der Waals surface area contributed by atoms with E-state index in [4.69, 9.17) is 0 Å². The third-order valence-electron chi connectivity index (χ3n) is 1.99. The van der Waals surface area contributed by atoms with Crippen molar-refractivity contribution in [3.05, 3.63) is 47.5 Å². The summed E-state index contributed by atoms with van der Waals surface area (Å²) in [6.45, 7) is 2.93. The van der Waals surface area contributed by atoms with E-state index in [1.165, 1.54) is 11.1 Å². The molecular formula is C11H11N. The summed E-state index contributed by atoms with van der Waals surface area (Å²) in [4.78, 5) is 4.34. The maximum atomic E-state index is 4.34. The number of aliphatic imine (C=N–C) groups is 1. The molecule has 0 unspecified atom stereocenters. The highest BCUT2D eigenvalue weighted by atomic mass is 14.7. The first-order valence-corrected chi connectivity index (χ1v) is 4.14. The summed E-state index contributed by atoms with van der Waals surface area (Å²) in [6.07, 6.45) is 4.15. The second kappa shape index (κ2) is 2.94. The molecule has 1 heteroatoms. The number of benzene rings is 1. The second-order valence-corrected chi connectivity index (χ2v) is 2.99. The summed E-state index contributed by atoms with van der Waals surface area (Å²) in [6, 6.07) is 8.46. The molecule has 0 spiro atoms. The molecular weight excluding hydrogens is 146 g/mol. The van der Waals surface area contributed by atoms with Gasteiger partial charge in [0.1, 0.15) is 0 Å². The van der Waals surface area contributed by atoms with Gasteiger partial charge in [-0.25, -0.2) is 0 Å². The number of rotatable bonds is 1. The molecule has 2 rings (SSSR count). The van der Waals surface area contributed by atoms with Gasteiger partial charge in [0.2, 0.25) is 0 Å². The first-order chi connectivity index (χ1) is 5.86. The smallest absolute Gasteiger partial charge is 0.0647 e. The lowest BCUT2D eigenvalue weighted by Crippen LogP contribution is -1.92. The highest BCUT2D eigenvalue weighted by molar-refractivity contribution is 6.09. The first-order valence-electron chi connectivity index (χ1n) is 4.14. The molecule has 1 aromatic rings. The van der Waals surface area contributed by atoms with Crippen LogP contribution in [-0.2, 0) is 0 Å². The predicted molar refractivity (Wildman–Crippen MR) is 51.7 cm³/mol. The Balaban J connectivity index is 2.35. The largest absolute Gasteiger partial charge is 0.281 e. The fourth-order valence-corrected chi connectivity index (χ4v) is 1.28. The predicted octanol–water partition coefficient (Wildman–Crippen LogP) is 2.35. The standard InChI is InChI=1S/C11H11N/c1-9-4-6-10(7-5-9)11-3-2-8-12-11/h2-7H,8H2,1H3. The Morgan fingerprint density at radius 2 is 1.92 bits per heavy atom. The van der Waals surface area contributed by atoms with Gasteiger partial charge in [-0.05, 0) is 18.6 Å². The van der Waals surface area contributed by atoms with Gasteiger partial charge in [-0.15, -0.1) is 0 Å². The molecule has 0 radical (unpaired) electrons. The Morgan fingerprint density at radius 1 is 1.17 bits per heavy atom. The van der Waals surface area contributed by atoms with E-state index in [0.717, 1.165) is 12.3 Å².